The zero-order valence-electron chi connectivity index (χ0n) is 25.2. The molecule has 21 heteroatoms. The van der Waals surface area contributed by atoms with E-state index in [0.717, 1.165) is 22.5 Å². The minimum Gasteiger partial charge on any atom is -0.724 e. The molecule has 19 nitrogen and oxygen atoms in total. The van der Waals surface area contributed by atoms with Gasteiger partial charge in [-0.3, -0.25) is 9.59 Å². The summed E-state index contributed by atoms with van der Waals surface area (Å²) in [6.07, 6.45) is 1.30. The van der Waals surface area contributed by atoms with E-state index in [1.54, 1.807) is 33.6 Å². The van der Waals surface area contributed by atoms with Crippen molar-refractivity contribution in [3.8, 4) is 16.9 Å². The minimum atomic E-state index is -5.27. The minimum absolute atomic E-state index is 0.0424. The molecule has 0 radical (unpaired) electrons. The number of β-lactam (4-membered cyclic amide) rings is 1. The van der Waals surface area contributed by atoms with E-state index in [4.69, 9.17) is 21.0 Å². The monoisotopic (exact) mass is 696 g/mol. The molecule has 7 N–H and O–H groups in total. The van der Waals surface area contributed by atoms with Gasteiger partial charge in [-0.2, -0.15) is 14.0 Å². The molecule has 2 amide bonds. The Hall–Kier alpha value is -4.67. The predicted octanol–water partition coefficient (Wildman–Crippen LogP) is -1.91. The van der Waals surface area contributed by atoms with Gasteiger partial charge in [0.15, 0.2) is 17.9 Å². The summed E-state index contributed by atoms with van der Waals surface area (Å²) in [6.45, 7) is 2.56. The standard InChI is InChI=1S/C26H32N8O11S2/c1-26(2)21(23(37)34(26)45-47(40,41)42)30-22(36)20(18-13-46-25(28)29-18)31-44-19(24(38)39)12-43-17-6-4-14(5-7-17)15-9-32(3)33(10-15)11-16(35)8-27/h4-7,9-10,13,16,19,21,35H,8,11-12,27H2,1-3H3,(H4-,28,29,30,36,38,39,40,41,42)/b31-20-/t16?,19-,21+/m0/s1. The van der Waals surface area contributed by atoms with Gasteiger partial charge in [0.25, 0.3) is 17.9 Å². The van der Waals surface area contributed by atoms with E-state index in [1.165, 1.54) is 19.2 Å². The number of hydrogen-bond donors (Lipinski definition) is 5. The molecular weight excluding hydrogens is 664 g/mol. The number of nitrogens with zero attached hydrogens (tertiary/aromatic N) is 5. The number of aliphatic hydroxyl groups is 1. The molecule has 0 spiro atoms. The van der Waals surface area contributed by atoms with Crippen molar-refractivity contribution < 1.29 is 56.1 Å². The Kier molecular flexibility index (Phi) is 10.5. The molecule has 0 saturated carbocycles. The topological polar surface area (TPSA) is 278 Å². The van der Waals surface area contributed by atoms with E-state index in [2.05, 4.69) is 19.7 Å². The average molecular weight is 697 g/mol. The molecule has 1 aliphatic rings. The molecule has 3 atom stereocenters. The normalized spacial score (nSPS) is 17.5. The average Bonchev–Trinajstić information content (AvgIpc) is 3.60. The van der Waals surface area contributed by atoms with Crippen LogP contribution in [-0.4, -0.2) is 98.3 Å². The van der Waals surface area contributed by atoms with E-state index in [-0.39, 0.29) is 17.4 Å². The molecule has 47 heavy (non-hydrogen) atoms. The van der Waals surface area contributed by atoms with Gasteiger partial charge in [-0.05, 0) is 31.5 Å². The summed E-state index contributed by atoms with van der Waals surface area (Å²) in [5.74, 6) is -3.26. The summed E-state index contributed by atoms with van der Waals surface area (Å²) >= 11 is 0.943. The second-order valence-corrected chi connectivity index (χ2v) is 12.6. The van der Waals surface area contributed by atoms with Crippen LogP contribution in [0, 0.1) is 0 Å². The maximum absolute atomic E-state index is 13.2. The lowest BCUT2D eigenvalue weighted by Gasteiger charge is -2.51. The maximum atomic E-state index is 13.2. The van der Waals surface area contributed by atoms with Crippen LogP contribution in [-0.2, 0) is 47.5 Å². The SMILES string of the molecule is C[n+]1cc(-c2ccc(OC[C@H](O/N=C(\C(=O)N[C@@H]3C(=O)N(OS(=O)(=O)[O-])C3(C)C)c3csc(N)n3)C(=O)O)cc2)cn1CC(O)CN. The molecule has 0 bridgehead atoms. The lowest BCUT2D eigenvalue weighted by Crippen LogP contribution is -2.76. The molecule has 3 aromatic rings. The van der Waals surface area contributed by atoms with Crippen LogP contribution in [0.5, 0.6) is 5.75 Å². The number of benzene rings is 1. The van der Waals surface area contributed by atoms with Gasteiger partial charge in [0.05, 0.1) is 23.4 Å². The lowest BCUT2D eigenvalue weighted by molar-refractivity contribution is -0.754. The van der Waals surface area contributed by atoms with E-state index >= 15 is 0 Å². The highest BCUT2D eigenvalue weighted by molar-refractivity contribution is 7.80. The first kappa shape index (κ1) is 35.2. The molecule has 1 aliphatic heterocycles. The summed E-state index contributed by atoms with van der Waals surface area (Å²) in [6, 6.07) is 5.37. The molecule has 1 unspecified atom stereocenters. The van der Waals surface area contributed by atoms with Crippen LogP contribution in [0.3, 0.4) is 0 Å². The number of rotatable bonds is 15. The van der Waals surface area contributed by atoms with Gasteiger partial charge in [0.2, 0.25) is 16.6 Å². The van der Waals surface area contributed by atoms with E-state index in [9.17, 15) is 37.6 Å². The number of thiazole rings is 1. The number of amides is 2. The van der Waals surface area contributed by atoms with E-state index in [0.29, 0.717) is 17.4 Å². The quantitative estimate of drug-likeness (QED) is 0.0290. The third-order valence-electron chi connectivity index (χ3n) is 6.92. The Bertz CT molecular complexity index is 1770. The number of aliphatic carboxylic acids is 1. The van der Waals surface area contributed by atoms with Crippen molar-refractivity contribution in [3.05, 3.63) is 47.7 Å². The van der Waals surface area contributed by atoms with Crippen LogP contribution >= 0.6 is 11.3 Å². The zero-order valence-corrected chi connectivity index (χ0v) is 26.8. The Morgan fingerprint density at radius 3 is 2.51 bits per heavy atom. The van der Waals surface area contributed by atoms with Crippen LogP contribution in [0.15, 0.2) is 47.2 Å². The fraction of sp³-hybridized carbons (Fsp3) is 0.385. The van der Waals surface area contributed by atoms with Crippen molar-refractivity contribution in [2.75, 3.05) is 18.9 Å². The fourth-order valence-electron chi connectivity index (χ4n) is 4.38. The number of aliphatic hydroxyl groups excluding tert-OH is 1. The van der Waals surface area contributed by atoms with Crippen LogP contribution in [0.2, 0.25) is 0 Å². The summed E-state index contributed by atoms with van der Waals surface area (Å²) in [7, 11) is -3.45. The highest BCUT2D eigenvalue weighted by atomic mass is 32.3. The largest absolute Gasteiger partial charge is 0.724 e. The van der Waals surface area contributed by atoms with Crippen molar-refractivity contribution in [2.24, 2.45) is 17.9 Å². The molecule has 4 rings (SSSR count). The van der Waals surface area contributed by atoms with Crippen LogP contribution in [0.1, 0.15) is 19.5 Å². The zero-order chi connectivity index (χ0) is 34.7. The number of aryl methyl sites for hydroxylation is 1. The lowest BCUT2D eigenvalue weighted by atomic mass is 9.84. The second-order valence-electron chi connectivity index (χ2n) is 10.8. The Balaban J connectivity index is 1.44. The number of hydroxylamine groups is 2. The molecule has 1 saturated heterocycles. The Morgan fingerprint density at radius 2 is 1.96 bits per heavy atom. The predicted molar refractivity (Wildman–Crippen MR) is 161 cm³/mol. The second kappa shape index (κ2) is 14.0. The number of nitrogens with two attached hydrogens (primary N) is 2. The van der Waals surface area contributed by atoms with Crippen molar-refractivity contribution in [1.29, 1.82) is 0 Å². The molecule has 0 aliphatic carbocycles. The number of hydrogen-bond acceptors (Lipinski definition) is 15. The molecule has 1 aromatic carbocycles. The number of aromatic nitrogens is 3. The third-order valence-corrected chi connectivity index (χ3v) is 7.93. The number of anilines is 1. The number of carbonyl (C=O) groups is 3. The number of ether oxygens (including phenoxy) is 1. The smallest absolute Gasteiger partial charge is 0.351 e. The number of oxime groups is 1. The van der Waals surface area contributed by atoms with Gasteiger partial charge in [-0.25, -0.2) is 18.2 Å². The maximum Gasteiger partial charge on any atom is 0.351 e. The van der Waals surface area contributed by atoms with Gasteiger partial charge >= 0.3 is 5.97 Å². The van der Waals surface area contributed by atoms with Crippen LogP contribution in [0.25, 0.3) is 11.1 Å². The van der Waals surface area contributed by atoms with Crippen molar-refractivity contribution in [1.82, 2.24) is 20.0 Å². The molecule has 254 valence electrons. The first-order valence-corrected chi connectivity index (χ1v) is 15.9. The number of carboxylic acid groups (broad SMARTS) is 1. The molecule has 2 aromatic heterocycles. The number of carboxylic acids is 1. The number of nitrogen functional groups attached to an aromatic ring is 1. The summed E-state index contributed by atoms with van der Waals surface area (Å²) in [5, 5.41) is 27.3. The first-order valence-electron chi connectivity index (χ1n) is 13.7. The highest BCUT2D eigenvalue weighted by Gasteiger charge is 2.57. The van der Waals surface area contributed by atoms with Gasteiger partial charge in [-0.1, -0.05) is 17.3 Å². The first-order chi connectivity index (χ1) is 22.0. The summed E-state index contributed by atoms with van der Waals surface area (Å²) in [4.78, 5) is 46.7. The number of carbonyl (C=O) groups excluding carboxylic acids is 2. The van der Waals surface area contributed by atoms with Gasteiger partial charge in [-0.15, -0.1) is 16.0 Å². The Labute approximate surface area is 271 Å². The van der Waals surface area contributed by atoms with Crippen LogP contribution in [0.4, 0.5) is 5.13 Å². The van der Waals surface area contributed by atoms with Crippen molar-refractivity contribution in [2.45, 2.75) is 44.2 Å². The van der Waals surface area contributed by atoms with E-state index in [1.807, 2.05) is 19.4 Å². The van der Waals surface area contributed by atoms with Crippen molar-refractivity contribution in [3.63, 3.8) is 0 Å². The van der Waals surface area contributed by atoms with Crippen LogP contribution < -0.4 is 26.2 Å². The highest BCUT2D eigenvalue weighted by Crippen LogP contribution is 2.33. The Morgan fingerprint density at radius 1 is 1.28 bits per heavy atom. The molecular formula is C26H32N8O11S2. The fourth-order valence-corrected chi connectivity index (χ4v) is 5.37. The summed E-state index contributed by atoms with van der Waals surface area (Å²) in [5.41, 5.74) is 10.7. The summed E-state index contributed by atoms with van der Waals surface area (Å²) < 4.78 is 46.3. The van der Waals surface area contributed by atoms with E-state index < -0.39 is 64.3 Å². The van der Waals surface area contributed by atoms with Gasteiger partial charge < -0.3 is 41.1 Å². The number of nitrogens with one attached hydrogen (secondary N) is 1. The van der Waals surface area contributed by atoms with Gasteiger partial charge in [0, 0.05) is 11.9 Å². The van der Waals surface area contributed by atoms with Crippen molar-refractivity contribution >= 4 is 50.4 Å². The van der Waals surface area contributed by atoms with Gasteiger partial charge in [0.1, 0.15) is 30.6 Å². The molecule has 1 fully saturated rings. The third kappa shape index (κ3) is 8.38. The molecule has 3 heterocycles.